The highest BCUT2D eigenvalue weighted by atomic mass is 16.5. The van der Waals surface area contributed by atoms with Gasteiger partial charge in [0.1, 0.15) is 22.3 Å². The van der Waals surface area contributed by atoms with Crippen LogP contribution in [0.5, 0.6) is 0 Å². The van der Waals surface area contributed by atoms with Crippen molar-refractivity contribution in [1.29, 1.82) is 0 Å². The molecule has 9 rings (SSSR count). The van der Waals surface area contributed by atoms with E-state index < -0.39 is 0 Å². The number of ether oxygens (including phenoxy) is 1. The molecule has 0 aliphatic carbocycles. The minimum atomic E-state index is 0.561. The highest BCUT2D eigenvalue weighted by Crippen LogP contribution is 2.42. The van der Waals surface area contributed by atoms with Crippen molar-refractivity contribution < 1.29 is 13.6 Å². The first-order valence-electron chi connectivity index (χ1n) is 14.0. The fourth-order valence-corrected chi connectivity index (χ4v) is 6.52. The molecule has 0 radical (unpaired) electrons. The smallest absolute Gasteiger partial charge is 0.143 e. The molecule has 41 heavy (non-hydrogen) atoms. The standard InChI is InChI=1S/C38H24O3/c1-3-12-34-30(7-1)31-11-5-10-29(38(31)41-34)23-17-18-27-26(19-23)22-39-21-25-16-15-24(20-33(25)27)28-9-6-14-36-37(28)32-8-2-4-13-35(32)40-36/h1-20H,21-22H2. The summed E-state index contributed by atoms with van der Waals surface area (Å²) in [5.74, 6) is 0. The quantitative estimate of drug-likeness (QED) is 0.224. The summed E-state index contributed by atoms with van der Waals surface area (Å²) in [6.45, 7) is 1.14. The molecule has 3 nitrogen and oxygen atoms in total. The monoisotopic (exact) mass is 528 g/mol. The average molecular weight is 529 g/mol. The van der Waals surface area contributed by atoms with E-state index in [0.717, 1.165) is 55.0 Å². The third-order valence-electron chi connectivity index (χ3n) is 8.45. The molecule has 0 bridgehead atoms. The largest absolute Gasteiger partial charge is 0.456 e. The molecule has 0 fully saturated rings. The average Bonchev–Trinajstić information content (AvgIpc) is 3.54. The van der Waals surface area contributed by atoms with Gasteiger partial charge >= 0.3 is 0 Å². The minimum absolute atomic E-state index is 0.561. The second-order valence-electron chi connectivity index (χ2n) is 10.8. The van der Waals surface area contributed by atoms with Crippen molar-refractivity contribution in [3.63, 3.8) is 0 Å². The third-order valence-corrected chi connectivity index (χ3v) is 8.45. The number of para-hydroxylation sites is 3. The van der Waals surface area contributed by atoms with Crippen molar-refractivity contribution in [1.82, 2.24) is 0 Å². The molecule has 0 amide bonds. The van der Waals surface area contributed by atoms with Gasteiger partial charge in [-0.1, -0.05) is 91.0 Å². The lowest BCUT2D eigenvalue weighted by Gasteiger charge is -2.13. The first kappa shape index (κ1) is 22.7. The first-order valence-corrected chi connectivity index (χ1v) is 14.0. The van der Waals surface area contributed by atoms with Gasteiger partial charge in [0.15, 0.2) is 0 Å². The van der Waals surface area contributed by atoms with Crippen molar-refractivity contribution >= 4 is 43.9 Å². The fourth-order valence-electron chi connectivity index (χ4n) is 6.52. The maximum atomic E-state index is 6.35. The predicted octanol–water partition coefficient (Wildman–Crippen LogP) is 10.5. The maximum absolute atomic E-state index is 6.35. The predicted molar refractivity (Wildman–Crippen MR) is 166 cm³/mol. The Morgan fingerprint density at radius 2 is 1.10 bits per heavy atom. The number of hydrogen-bond acceptors (Lipinski definition) is 3. The number of rotatable bonds is 2. The van der Waals surface area contributed by atoms with Gasteiger partial charge in [-0.3, -0.25) is 0 Å². The summed E-state index contributed by atoms with van der Waals surface area (Å²) in [7, 11) is 0. The zero-order valence-corrected chi connectivity index (χ0v) is 22.2. The summed E-state index contributed by atoms with van der Waals surface area (Å²) in [6.07, 6.45) is 0. The summed E-state index contributed by atoms with van der Waals surface area (Å²) in [5.41, 5.74) is 13.0. The number of benzene rings is 6. The van der Waals surface area contributed by atoms with Gasteiger partial charge in [0.2, 0.25) is 0 Å². The van der Waals surface area contributed by atoms with E-state index in [2.05, 4.69) is 97.1 Å². The van der Waals surface area contributed by atoms with Gasteiger partial charge in [0.05, 0.1) is 13.2 Å². The molecule has 8 aromatic rings. The Bertz CT molecular complexity index is 2300. The van der Waals surface area contributed by atoms with Crippen LogP contribution in [-0.4, -0.2) is 0 Å². The molecule has 1 aliphatic rings. The second kappa shape index (κ2) is 8.69. The van der Waals surface area contributed by atoms with Gasteiger partial charge in [-0.25, -0.2) is 0 Å². The van der Waals surface area contributed by atoms with Gasteiger partial charge in [-0.05, 0) is 69.3 Å². The van der Waals surface area contributed by atoms with E-state index >= 15 is 0 Å². The van der Waals surface area contributed by atoms with E-state index in [1.54, 1.807) is 0 Å². The molecule has 0 atom stereocenters. The zero-order chi connectivity index (χ0) is 26.9. The number of hydrogen-bond donors (Lipinski definition) is 0. The molecule has 3 heterocycles. The van der Waals surface area contributed by atoms with E-state index in [9.17, 15) is 0 Å². The number of furan rings is 2. The lowest BCUT2D eigenvalue weighted by atomic mass is 9.90. The van der Waals surface area contributed by atoms with Gasteiger partial charge in [0.25, 0.3) is 0 Å². The van der Waals surface area contributed by atoms with Crippen LogP contribution >= 0.6 is 0 Å². The van der Waals surface area contributed by atoms with Crippen LogP contribution in [0.2, 0.25) is 0 Å². The molecule has 0 saturated carbocycles. The fraction of sp³-hybridized carbons (Fsp3) is 0.0526. The van der Waals surface area contributed by atoms with Gasteiger partial charge in [0, 0.05) is 27.1 Å². The Kier molecular flexibility index (Phi) is 4.80. The Balaban J connectivity index is 1.20. The van der Waals surface area contributed by atoms with Crippen LogP contribution in [0.3, 0.4) is 0 Å². The highest BCUT2D eigenvalue weighted by molar-refractivity contribution is 6.13. The lowest BCUT2D eigenvalue weighted by Crippen LogP contribution is -1.91. The van der Waals surface area contributed by atoms with Crippen molar-refractivity contribution in [2.24, 2.45) is 0 Å². The molecule has 0 spiro atoms. The second-order valence-corrected chi connectivity index (χ2v) is 10.8. The van der Waals surface area contributed by atoms with E-state index in [1.807, 2.05) is 24.3 Å². The molecule has 194 valence electrons. The maximum Gasteiger partial charge on any atom is 0.143 e. The molecular weight excluding hydrogens is 504 g/mol. The molecule has 0 saturated heterocycles. The summed E-state index contributed by atoms with van der Waals surface area (Å²) >= 11 is 0. The van der Waals surface area contributed by atoms with Crippen molar-refractivity contribution in [2.45, 2.75) is 13.2 Å². The summed E-state index contributed by atoms with van der Waals surface area (Å²) in [4.78, 5) is 0. The van der Waals surface area contributed by atoms with Crippen molar-refractivity contribution in [3.05, 3.63) is 132 Å². The molecular formula is C38H24O3. The van der Waals surface area contributed by atoms with Gasteiger partial charge in [-0.2, -0.15) is 0 Å². The minimum Gasteiger partial charge on any atom is -0.456 e. The van der Waals surface area contributed by atoms with Crippen LogP contribution in [0.25, 0.3) is 77.3 Å². The van der Waals surface area contributed by atoms with Gasteiger partial charge < -0.3 is 13.6 Å². The highest BCUT2D eigenvalue weighted by Gasteiger charge is 2.20. The molecule has 6 aromatic carbocycles. The van der Waals surface area contributed by atoms with Gasteiger partial charge in [-0.15, -0.1) is 0 Å². The molecule has 1 aliphatic heterocycles. The van der Waals surface area contributed by atoms with E-state index in [0.29, 0.717) is 13.2 Å². The van der Waals surface area contributed by atoms with Crippen LogP contribution < -0.4 is 0 Å². The van der Waals surface area contributed by atoms with Crippen LogP contribution in [0, 0.1) is 0 Å². The molecule has 3 heteroatoms. The Morgan fingerprint density at radius 1 is 0.415 bits per heavy atom. The number of fused-ring (bicyclic) bond motifs is 9. The Morgan fingerprint density at radius 3 is 2.02 bits per heavy atom. The van der Waals surface area contributed by atoms with Crippen LogP contribution in [0.15, 0.2) is 130 Å². The lowest BCUT2D eigenvalue weighted by molar-refractivity contribution is 0.110. The SMILES string of the molecule is c1ccc2c(c1)oc1c(-c3ccc4c(c3)COCc3ccc(-c5cccc6oc7ccccc7c56)cc3-4)cccc12. The van der Waals surface area contributed by atoms with E-state index in [-0.39, 0.29) is 0 Å². The summed E-state index contributed by atoms with van der Waals surface area (Å²) in [6, 6.07) is 42.7. The normalized spacial score (nSPS) is 13.1. The van der Waals surface area contributed by atoms with Crippen molar-refractivity contribution in [3.8, 4) is 33.4 Å². The van der Waals surface area contributed by atoms with Crippen LogP contribution in [0.1, 0.15) is 11.1 Å². The zero-order valence-electron chi connectivity index (χ0n) is 22.2. The summed E-state index contributed by atoms with van der Waals surface area (Å²) in [5, 5.41) is 4.58. The van der Waals surface area contributed by atoms with Crippen LogP contribution in [0.4, 0.5) is 0 Å². The van der Waals surface area contributed by atoms with E-state index in [4.69, 9.17) is 13.6 Å². The molecule has 2 aromatic heterocycles. The van der Waals surface area contributed by atoms with E-state index in [1.165, 1.54) is 33.4 Å². The van der Waals surface area contributed by atoms with Crippen molar-refractivity contribution in [2.75, 3.05) is 0 Å². The van der Waals surface area contributed by atoms with Crippen LogP contribution in [-0.2, 0) is 18.0 Å². The molecule has 0 N–H and O–H groups in total. The first-order chi connectivity index (χ1) is 20.3. The topological polar surface area (TPSA) is 35.5 Å². The Hall–Kier alpha value is -5.12. The Labute approximate surface area is 236 Å². The summed E-state index contributed by atoms with van der Waals surface area (Å²) < 4.78 is 18.7. The molecule has 0 unspecified atom stereocenters. The third kappa shape index (κ3) is 3.43.